The molecule has 0 atom stereocenters. The van der Waals surface area contributed by atoms with Gasteiger partial charge in [0.25, 0.3) is 0 Å². The predicted octanol–water partition coefficient (Wildman–Crippen LogP) is 2.97. The highest BCUT2D eigenvalue weighted by atomic mass is 14.8. The van der Waals surface area contributed by atoms with Crippen LogP contribution in [0.25, 0.3) is 0 Å². The van der Waals surface area contributed by atoms with Crippen molar-refractivity contribution in [2.24, 2.45) is 9.98 Å². The molecular weight excluding hydrogens is 272 g/mol. The summed E-state index contributed by atoms with van der Waals surface area (Å²) in [6.45, 7) is 1.21. The van der Waals surface area contributed by atoms with E-state index in [2.05, 4.69) is 22.1 Å². The molecule has 106 valence electrons. The zero-order valence-corrected chi connectivity index (χ0v) is 12.0. The maximum Gasteiger partial charge on any atom is 0.0991 e. The van der Waals surface area contributed by atoms with E-state index in [-0.39, 0.29) is 0 Å². The fourth-order valence-corrected chi connectivity index (χ4v) is 1.74. The quantitative estimate of drug-likeness (QED) is 0.626. The van der Waals surface area contributed by atoms with Crippen LogP contribution in [-0.2, 0) is 0 Å². The van der Waals surface area contributed by atoms with E-state index in [4.69, 9.17) is 10.5 Å². The van der Waals surface area contributed by atoms with E-state index in [1.54, 1.807) is 36.7 Å². The molecule has 4 nitrogen and oxygen atoms in total. The van der Waals surface area contributed by atoms with Crippen molar-refractivity contribution in [3.05, 3.63) is 70.8 Å². The number of nitrogens with zero attached hydrogens (tertiary/aromatic N) is 4. The van der Waals surface area contributed by atoms with Gasteiger partial charge < -0.3 is 0 Å². The van der Waals surface area contributed by atoms with Gasteiger partial charge in [-0.15, -0.1) is 0 Å². The van der Waals surface area contributed by atoms with Crippen LogP contribution in [0.3, 0.4) is 0 Å². The van der Waals surface area contributed by atoms with Gasteiger partial charge in [-0.25, -0.2) is 0 Å². The molecule has 2 aromatic carbocycles. The summed E-state index contributed by atoms with van der Waals surface area (Å²) in [4.78, 5) is 8.58. The number of aliphatic imine (C=N–C) groups is 2. The van der Waals surface area contributed by atoms with Crippen molar-refractivity contribution in [2.45, 2.75) is 0 Å². The Hall–Kier alpha value is -3.24. The molecular formula is C18H14N4. The molecule has 0 amide bonds. The van der Waals surface area contributed by atoms with Gasteiger partial charge >= 0.3 is 0 Å². The molecule has 0 N–H and O–H groups in total. The summed E-state index contributed by atoms with van der Waals surface area (Å²) in [5.41, 5.74) is 3.22. The van der Waals surface area contributed by atoms with Crippen LogP contribution in [0, 0.1) is 22.7 Å². The maximum atomic E-state index is 8.71. The number of hydrogen-bond donors (Lipinski definition) is 0. The normalized spacial score (nSPS) is 10.6. The summed E-state index contributed by atoms with van der Waals surface area (Å²) in [6, 6.07) is 18.7. The lowest BCUT2D eigenvalue weighted by Gasteiger charge is -1.94. The summed E-state index contributed by atoms with van der Waals surface area (Å²) < 4.78 is 0. The van der Waals surface area contributed by atoms with Crippen LogP contribution >= 0.6 is 0 Å². The monoisotopic (exact) mass is 286 g/mol. The SMILES string of the molecule is N#Cc1ccc(C=NCCN=Cc2ccc(C#N)cc2)cc1. The molecule has 22 heavy (non-hydrogen) atoms. The Bertz CT molecular complexity index is 674. The molecule has 0 aliphatic heterocycles. The summed E-state index contributed by atoms with van der Waals surface area (Å²) >= 11 is 0. The number of rotatable bonds is 5. The Labute approximate surface area is 129 Å². The second kappa shape index (κ2) is 8.14. The van der Waals surface area contributed by atoms with Crippen molar-refractivity contribution in [3.8, 4) is 12.1 Å². The zero-order chi connectivity index (χ0) is 15.6. The molecule has 0 aliphatic rings. The number of benzene rings is 2. The van der Waals surface area contributed by atoms with Crippen molar-refractivity contribution in [3.63, 3.8) is 0 Å². The van der Waals surface area contributed by atoms with E-state index >= 15 is 0 Å². The lowest BCUT2D eigenvalue weighted by atomic mass is 10.2. The first kappa shape index (κ1) is 15.2. The first-order valence-corrected chi connectivity index (χ1v) is 6.82. The zero-order valence-electron chi connectivity index (χ0n) is 12.0. The molecule has 2 rings (SSSR count). The molecule has 0 aliphatic carbocycles. The van der Waals surface area contributed by atoms with Crippen LogP contribution in [0.5, 0.6) is 0 Å². The molecule has 2 aromatic rings. The van der Waals surface area contributed by atoms with Crippen LogP contribution in [0.15, 0.2) is 58.5 Å². The molecule has 0 aromatic heterocycles. The van der Waals surface area contributed by atoms with E-state index in [1.807, 2.05) is 24.3 Å². The van der Waals surface area contributed by atoms with E-state index in [1.165, 1.54) is 0 Å². The van der Waals surface area contributed by atoms with Crippen molar-refractivity contribution in [1.82, 2.24) is 0 Å². The Kier molecular flexibility index (Phi) is 5.61. The van der Waals surface area contributed by atoms with Gasteiger partial charge in [-0.05, 0) is 35.4 Å². The summed E-state index contributed by atoms with van der Waals surface area (Å²) in [6.07, 6.45) is 3.55. The summed E-state index contributed by atoms with van der Waals surface area (Å²) in [5.74, 6) is 0. The average molecular weight is 286 g/mol. The van der Waals surface area contributed by atoms with Gasteiger partial charge in [-0.2, -0.15) is 10.5 Å². The fourth-order valence-electron chi connectivity index (χ4n) is 1.74. The van der Waals surface area contributed by atoms with E-state index in [9.17, 15) is 0 Å². The van der Waals surface area contributed by atoms with Gasteiger partial charge in [0.2, 0.25) is 0 Å². The smallest absolute Gasteiger partial charge is 0.0991 e. The maximum absolute atomic E-state index is 8.71. The second-order valence-corrected chi connectivity index (χ2v) is 4.54. The first-order valence-electron chi connectivity index (χ1n) is 6.82. The van der Waals surface area contributed by atoms with Crippen molar-refractivity contribution in [1.29, 1.82) is 10.5 Å². The standard InChI is InChI=1S/C18H14N4/c19-11-15-1-5-17(6-2-15)13-21-9-10-22-14-18-7-3-16(12-20)4-8-18/h1-8,13-14H,9-10H2. The van der Waals surface area contributed by atoms with Gasteiger partial charge in [0.15, 0.2) is 0 Å². The highest BCUT2D eigenvalue weighted by Gasteiger charge is 1.91. The third kappa shape index (κ3) is 4.70. The highest BCUT2D eigenvalue weighted by Crippen LogP contribution is 2.01. The Morgan fingerprint density at radius 2 is 1.05 bits per heavy atom. The Morgan fingerprint density at radius 1 is 0.682 bits per heavy atom. The topological polar surface area (TPSA) is 72.3 Å². The fraction of sp³-hybridized carbons (Fsp3) is 0.111. The van der Waals surface area contributed by atoms with Crippen LogP contribution in [0.1, 0.15) is 22.3 Å². The third-order valence-corrected chi connectivity index (χ3v) is 2.92. The van der Waals surface area contributed by atoms with Crippen molar-refractivity contribution < 1.29 is 0 Å². The molecule has 0 saturated heterocycles. The Morgan fingerprint density at radius 3 is 1.36 bits per heavy atom. The summed E-state index contributed by atoms with van der Waals surface area (Å²) in [7, 11) is 0. The first-order chi connectivity index (χ1) is 10.8. The highest BCUT2D eigenvalue weighted by molar-refractivity contribution is 5.80. The van der Waals surface area contributed by atoms with Crippen LogP contribution in [0.2, 0.25) is 0 Å². The summed E-state index contributed by atoms with van der Waals surface area (Å²) in [5, 5.41) is 17.4. The average Bonchev–Trinajstić information content (AvgIpc) is 2.59. The molecule has 0 unspecified atom stereocenters. The minimum Gasteiger partial charge on any atom is -0.291 e. The minimum absolute atomic E-state index is 0.604. The molecule has 4 heteroatoms. The predicted molar refractivity (Wildman–Crippen MR) is 87.2 cm³/mol. The van der Waals surface area contributed by atoms with Crippen molar-refractivity contribution >= 4 is 12.4 Å². The molecule has 0 saturated carbocycles. The van der Waals surface area contributed by atoms with E-state index in [0.717, 1.165) is 11.1 Å². The number of hydrogen-bond acceptors (Lipinski definition) is 4. The van der Waals surface area contributed by atoms with Gasteiger partial charge in [0.05, 0.1) is 36.4 Å². The second-order valence-electron chi connectivity index (χ2n) is 4.54. The molecule has 0 heterocycles. The number of nitriles is 2. The lowest BCUT2D eigenvalue weighted by molar-refractivity contribution is 0.985. The minimum atomic E-state index is 0.604. The molecule has 0 radical (unpaired) electrons. The van der Waals surface area contributed by atoms with Crippen LogP contribution in [-0.4, -0.2) is 25.5 Å². The van der Waals surface area contributed by atoms with Gasteiger partial charge in [-0.3, -0.25) is 9.98 Å². The van der Waals surface area contributed by atoms with Gasteiger partial charge in [0.1, 0.15) is 0 Å². The molecule has 0 spiro atoms. The van der Waals surface area contributed by atoms with Crippen LogP contribution < -0.4 is 0 Å². The lowest BCUT2D eigenvalue weighted by Crippen LogP contribution is -1.90. The Balaban J connectivity index is 1.78. The largest absolute Gasteiger partial charge is 0.291 e. The third-order valence-electron chi connectivity index (χ3n) is 2.92. The van der Waals surface area contributed by atoms with Gasteiger partial charge in [-0.1, -0.05) is 24.3 Å². The van der Waals surface area contributed by atoms with Gasteiger partial charge in [0, 0.05) is 12.4 Å². The molecule has 0 fully saturated rings. The molecule has 0 bridgehead atoms. The van der Waals surface area contributed by atoms with Crippen molar-refractivity contribution in [2.75, 3.05) is 13.1 Å². The van der Waals surface area contributed by atoms with Crippen LogP contribution in [0.4, 0.5) is 0 Å². The van der Waals surface area contributed by atoms with E-state index < -0.39 is 0 Å². The van der Waals surface area contributed by atoms with E-state index in [0.29, 0.717) is 24.2 Å².